The summed E-state index contributed by atoms with van der Waals surface area (Å²) in [6.07, 6.45) is 3.26. The van der Waals surface area contributed by atoms with E-state index in [2.05, 4.69) is 32.1 Å². The first-order chi connectivity index (χ1) is 18.1. The number of nitrogens with zero attached hydrogens (tertiary/aromatic N) is 4. The number of benzene rings is 2. The van der Waals surface area contributed by atoms with Crippen LogP contribution in [0.2, 0.25) is 10.0 Å². The molecule has 0 fully saturated rings. The van der Waals surface area contributed by atoms with Crippen LogP contribution >= 0.6 is 23.2 Å². The lowest BCUT2D eigenvalue weighted by molar-refractivity contribution is -0.111. The van der Waals surface area contributed by atoms with Gasteiger partial charge in [0.2, 0.25) is 11.9 Å². The average molecular weight is 559 g/mol. The number of amides is 1. The fraction of sp³-hybridized carbons (Fsp3) is 0.296. The minimum atomic E-state index is -0.344. The SMILES string of the molecule is C=CC(=O)Nc1cc(Nc2nccc(Cc3cc(OC)c(Cl)cc3Cl)n2)c(CO)cc1N(C)CCN(C)C. The molecule has 3 N–H and O–H groups in total. The molecule has 38 heavy (non-hydrogen) atoms. The van der Waals surface area contributed by atoms with Crippen LogP contribution in [0.25, 0.3) is 0 Å². The Balaban J connectivity index is 1.93. The van der Waals surface area contributed by atoms with Crippen molar-refractivity contribution < 1.29 is 14.6 Å². The van der Waals surface area contributed by atoms with E-state index < -0.39 is 0 Å². The zero-order valence-corrected chi connectivity index (χ0v) is 23.4. The van der Waals surface area contributed by atoms with Crippen LogP contribution in [0.1, 0.15) is 16.8 Å². The number of carbonyl (C=O) groups is 1. The largest absolute Gasteiger partial charge is 0.495 e. The summed E-state index contributed by atoms with van der Waals surface area (Å²) in [6, 6.07) is 8.80. The third-order valence-corrected chi connectivity index (χ3v) is 6.43. The van der Waals surface area contributed by atoms with Gasteiger partial charge in [-0.3, -0.25) is 4.79 Å². The number of aliphatic hydroxyl groups excluding tert-OH is 1. The highest BCUT2D eigenvalue weighted by molar-refractivity contribution is 6.36. The molecule has 0 radical (unpaired) electrons. The van der Waals surface area contributed by atoms with Gasteiger partial charge >= 0.3 is 0 Å². The number of hydrogen-bond donors (Lipinski definition) is 3. The smallest absolute Gasteiger partial charge is 0.247 e. The van der Waals surface area contributed by atoms with Gasteiger partial charge in [0, 0.05) is 49.0 Å². The van der Waals surface area contributed by atoms with Gasteiger partial charge in [-0.25, -0.2) is 9.97 Å². The van der Waals surface area contributed by atoms with Crippen LogP contribution in [0.5, 0.6) is 5.75 Å². The zero-order valence-electron chi connectivity index (χ0n) is 21.9. The van der Waals surface area contributed by atoms with Crippen molar-refractivity contribution in [3.05, 3.63) is 76.0 Å². The van der Waals surface area contributed by atoms with Crippen LogP contribution in [-0.4, -0.2) is 67.2 Å². The standard InChI is InChI=1S/C27H32Cl2N6O3/c1-6-26(37)32-23-15-22(18(16-36)12-24(23)35(4)10-9-34(2)3)33-27-30-8-7-19(31-27)11-17-13-25(38-5)21(29)14-20(17)28/h6-8,12-15,36H,1,9-11,16H2,2-5H3,(H,32,37)(H,30,31,33). The van der Waals surface area contributed by atoms with Crippen molar-refractivity contribution in [2.75, 3.05) is 56.9 Å². The minimum Gasteiger partial charge on any atom is -0.495 e. The molecule has 0 unspecified atom stereocenters. The van der Waals surface area contributed by atoms with Crippen LogP contribution < -0.4 is 20.3 Å². The monoisotopic (exact) mass is 558 g/mol. The summed E-state index contributed by atoms with van der Waals surface area (Å²) < 4.78 is 5.31. The van der Waals surface area contributed by atoms with Gasteiger partial charge in [0.25, 0.3) is 0 Å². The van der Waals surface area contributed by atoms with Gasteiger partial charge in [-0.2, -0.15) is 0 Å². The second kappa shape index (κ2) is 13.4. The minimum absolute atomic E-state index is 0.230. The van der Waals surface area contributed by atoms with E-state index in [1.165, 1.54) is 6.08 Å². The van der Waals surface area contributed by atoms with Crippen molar-refractivity contribution in [2.45, 2.75) is 13.0 Å². The number of nitrogens with one attached hydrogen (secondary N) is 2. The fourth-order valence-corrected chi connectivity index (χ4v) is 4.21. The lowest BCUT2D eigenvalue weighted by Gasteiger charge is -2.26. The summed E-state index contributed by atoms with van der Waals surface area (Å²) in [4.78, 5) is 25.2. The van der Waals surface area contributed by atoms with E-state index in [0.717, 1.165) is 17.8 Å². The third kappa shape index (κ3) is 7.58. The van der Waals surface area contributed by atoms with Gasteiger partial charge in [0.05, 0.1) is 35.8 Å². The average Bonchev–Trinajstić information content (AvgIpc) is 2.89. The first kappa shape index (κ1) is 29.2. The first-order valence-electron chi connectivity index (χ1n) is 11.8. The van der Waals surface area contributed by atoms with Gasteiger partial charge in [-0.15, -0.1) is 0 Å². The number of anilines is 4. The number of methoxy groups -OCH3 is 1. The normalized spacial score (nSPS) is 10.8. The molecule has 1 heterocycles. The number of likely N-dealkylation sites (N-methyl/N-ethyl adjacent to an activating group) is 2. The van der Waals surface area contributed by atoms with Gasteiger partial charge in [-0.1, -0.05) is 29.8 Å². The summed E-state index contributed by atoms with van der Waals surface area (Å²) >= 11 is 12.6. The molecule has 3 rings (SSSR count). The highest BCUT2D eigenvalue weighted by atomic mass is 35.5. The van der Waals surface area contributed by atoms with Crippen molar-refractivity contribution in [2.24, 2.45) is 0 Å². The van der Waals surface area contributed by atoms with Crippen molar-refractivity contribution in [1.29, 1.82) is 0 Å². The molecule has 3 aromatic rings. The molecular weight excluding hydrogens is 527 g/mol. The van der Waals surface area contributed by atoms with Gasteiger partial charge in [-0.05, 0) is 56.1 Å². The van der Waals surface area contributed by atoms with Crippen LogP contribution in [0.3, 0.4) is 0 Å². The summed E-state index contributed by atoms with van der Waals surface area (Å²) in [5, 5.41) is 17.1. The molecular formula is C27H32Cl2N6O3. The van der Waals surface area contributed by atoms with Gasteiger partial charge in [0.15, 0.2) is 0 Å². The predicted molar refractivity (Wildman–Crippen MR) is 154 cm³/mol. The molecule has 0 aliphatic heterocycles. The molecule has 0 aliphatic rings. The highest BCUT2D eigenvalue weighted by Crippen LogP contribution is 2.34. The van der Waals surface area contributed by atoms with Crippen LogP contribution in [-0.2, 0) is 17.8 Å². The Morgan fingerprint density at radius 3 is 2.53 bits per heavy atom. The van der Waals surface area contributed by atoms with Gasteiger partial charge < -0.3 is 30.3 Å². The van der Waals surface area contributed by atoms with E-state index >= 15 is 0 Å². The Morgan fingerprint density at radius 1 is 1.11 bits per heavy atom. The number of carbonyl (C=O) groups excluding carboxylic acids is 1. The summed E-state index contributed by atoms with van der Waals surface area (Å²) in [5.41, 5.74) is 4.00. The molecule has 0 saturated carbocycles. The number of aromatic nitrogens is 2. The van der Waals surface area contributed by atoms with Crippen molar-refractivity contribution in [3.8, 4) is 5.75 Å². The Kier molecular flexibility index (Phi) is 10.3. The molecule has 0 spiro atoms. The zero-order chi connectivity index (χ0) is 27.8. The fourth-order valence-electron chi connectivity index (χ4n) is 3.68. The summed E-state index contributed by atoms with van der Waals surface area (Å²) in [6.45, 7) is 4.84. The second-order valence-electron chi connectivity index (χ2n) is 8.85. The molecule has 0 aliphatic carbocycles. The van der Waals surface area contributed by atoms with Gasteiger partial charge in [0.1, 0.15) is 5.75 Å². The number of aliphatic hydroxyl groups is 1. The lowest BCUT2D eigenvalue weighted by Crippen LogP contribution is -2.29. The second-order valence-corrected chi connectivity index (χ2v) is 9.67. The quantitative estimate of drug-likeness (QED) is 0.274. The number of rotatable bonds is 12. The molecule has 9 nitrogen and oxygen atoms in total. The molecule has 0 saturated heterocycles. The molecule has 2 aromatic carbocycles. The Bertz CT molecular complexity index is 1300. The number of halogens is 2. The van der Waals surface area contributed by atoms with E-state index in [-0.39, 0.29) is 12.5 Å². The maximum atomic E-state index is 12.2. The van der Waals surface area contributed by atoms with Crippen LogP contribution in [0.15, 0.2) is 49.2 Å². The molecule has 0 atom stereocenters. The third-order valence-electron chi connectivity index (χ3n) is 5.78. The van der Waals surface area contributed by atoms with Crippen LogP contribution in [0.4, 0.5) is 23.0 Å². The van der Waals surface area contributed by atoms with E-state index in [4.69, 9.17) is 27.9 Å². The van der Waals surface area contributed by atoms with E-state index in [0.29, 0.717) is 57.3 Å². The molecule has 202 valence electrons. The van der Waals surface area contributed by atoms with Crippen molar-refractivity contribution in [1.82, 2.24) is 14.9 Å². The molecule has 11 heteroatoms. The highest BCUT2D eigenvalue weighted by Gasteiger charge is 2.16. The van der Waals surface area contributed by atoms with E-state index in [1.54, 1.807) is 37.6 Å². The molecule has 1 aromatic heterocycles. The molecule has 1 amide bonds. The Hall–Kier alpha value is -3.37. The van der Waals surface area contributed by atoms with Crippen molar-refractivity contribution in [3.63, 3.8) is 0 Å². The predicted octanol–water partition coefficient (Wildman–Crippen LogP) is 4.74. The number of ether oxygens (including phenoxy) is 1. The Morgan fingerprint density at radius 2 is 1.87 bits per heavy atom. The topological polar surface area (TPSA) is 103 Å². The summed E-state index contributed by atoms with van der Waals surface area (Å²) in [5.74, 6) is 0.503. The Labute approximate surface area is 233 Å². The van der Waals surface area contributed by atoms with Crippen LogP contribution in [0, 0.1) is 0 Å². The maximum Gasteiger partial charge on any atom is 0.247 e. The van der Waals surface area contributed by atoms with E-state index in [9.17, 15) is 9.90 Å². The van der Waals surface area contributed by atoms with E-state index in [1.807, 2.05) is 32.1 Å². The first-order valence-corrected chi connectivity index (χ1v) is 12.6. The molecule has 0 bridgehead atoms. The maximum absolute atomic E-state index is 12.2. The number of hydrogen-bond acceptors (Lipinski definition) is 8. The summed E-state index contributed by atoms with van der Waals surface area (Å²) in [7, 11) is 7.46. The lowest BCUT2D eigenvalue weighted by atomic mass is 10.1. The van der Waals surface area contributed by atoms with Crippen molar-refractivity contribution >= 4 is 52.1 Å².